The summed E-state index contributed by atoms with van der Waals surface area (Å²) in [5.74, 6) is -0.556. The maximum atomic E-state index is 11.4. The SMILES string of the molecule is Cc1cnc(-c2nc(-c3ccccc3)c(C(=O)O)s2)nc1. The summed E-state index contributed by atoms with van der Waals surface area (Å²) in [6, 6.07) is 9.24. The molecule has 0 bridgehead atoms. The zero-order valence-corrected chi connectivity index (χ0v) is 12.0. The molecular weight excluding hydrogens is 286 g/mol. The number of aromatic nitrogens is 3. The van der Waals surface area contributed by atoms with Crippen molar-refractivity contribution >= 4 is 17.3 Å². The molecule has 0 fully saturated rings. The number of rotatable bonds is 3. The number of carboxylic acid groups (broad SMARTS) is 1. The van der Waals surface area contributed by atoms with Gasteiger partial charge in [0.05, 0.1) is 5.69 Å². The standard InChI is InChI=1S/C15H11N3O2S/c1-9-7-16-13(17-8-9)14-18-11(12(21-14)15(19)20)10-5-3-2-4-6-10/h2-8H,1H3,(H,19,20). The van der Waals surface area contributed by atoms with E-state index in [1.165, 1.54) is 0 Å². The van der Waals surface area contributed by atoms with Crippen LogP contribution in [0.15, 0.2) is 42.7 Å². The van der Waals surface area contributed by atoms with E-state index >= 15 is 0 Å². The fourth-order valence-corrected chi connectivity index (χ4v) is 2.73. The van der Waals surface area contributed by atoms with Gasteiger partial charge in [0.1, 0.15) is 4.88 Å². The first-order chi connectivity index (χ1) is 10.1. The maximum Gasteiger partial charge on any atom is 0.348 e. The van der Waals surface area contributed by atoms with Gasteiger partial charge in [0, 0.05) is 18.0 Å². The van der Waals surface area contributed by atoms with Crippen LogP contribution in [-0.2, 0) is 0 Å². The number of thiazole rings is 1. The summed E-state index contributed by atoms with van der Waals surface area (Å²) < 4.78 is 0. The molecule has 1 aromatic carbocycles. The summed E-state index contributed by atoms with van der Waals surface area (Å²) >= 11 is 1.09. The Balaban J connectivity index is 2.13. The molecule has 0 aliphatic rings. The highest BCUT2D eigenvalue weighted by atomic mass is 32.1. The molecule has 0 saturated heterocycles. The van der Waals surface area contributed by atoms with Crippen LogP contribution in [0.4, 0.5) is 0 Å². The van der Waals surface area contributed by atoms with Gasteiger partial charge >= 0.3 is 5.97 Å². The lowest BCUT2D eigenvalue weighted by atomic mass is 10.1. The summed E-state index contributed by atoms with van der Waals surface area (Å²) in [5, 5.41) is 9.87. The fraction of sp³-hybridized carbons (Fsp3) is 0.0667. The lowest BCUT2D eigenvalue weighted by molar-refractivity contribution is 0.0702. The Bertz CT molecular complexity index is 782. The van der Waals surface area contributed by atoms with Crippen LogP contribution in [0.2, 0.25) is 0 Å². The second-order valence-electron chi connectivity index (χ2n) is 4.45. The number of carbonyl (C=O) groups is 1. The Morgan fingerprint density at radius 2 is 1.81 bits per heavy atom. The number of hydrogen-bond donors (Lipinski definition) is 1. The summed E-state index contributed by atoms with van der Waals surface area (Å²) in [7, 11) is 0. The second-order valence-corrected chi connectivity index (χ2v) is 5.45. The smallest absolute Gasteiger partial charge is 0.348 e. The average molecular weight is 297 g/mol. The third kappa shape index (κ3) is 2.66. The monoisotopic (exact) mass is 297 g/mol. The van der Waals surface area contributed by atoms with E-state index in [0.717, 1.165) is 22.5 Å². The van der Waals surface area contributed by atoms with Crippen LogP contribution in [0.1, 0.15) is 15.2 Å². The van der Waals surface area contributed by atoms with Gasteiger partial charge in [0.25, 0.3) is 0 Å². The van der Waals surface area contributed by atoms with E-state index in [2.05, 4.69) is 15.0 Å². The van der Waals surface area contributed by atoms with Gasteiger partial charge < -0.3 is 5.11 Å². The molecule has 0 saturated carbocycles. The van der Waals surface area contributed by atoms with Gasteiger partial charge in [0.2, 0.25) is 0 Å². The number of aromatic carboxylic acids is 1. The van der Waals surface area contributed by atoms with Crippen LogP contribution in [0.3, 0.4) is 0 Å². The molecule has 0 spiro atoms. The van der Waals surface area contributed by atoms with Gasteiger partial charge in [-0.05, 0) is 12.5 Å². The van der Waals surface area contributed by atoms with Crippen molar-refractivity contribution in [1.82, 2.24) is 15.0 Å². The van der Waals surface area contributed by atoms with Crippen molar-refractivity contribution in [3.8, 4) is 22.1 Å². The Kier molecular flexibility index (Phi) is 3.45. The zero-order valence-electron chi connectivity index (χ0n) is 11.1. The third-order valence-corrected chi connectivity index (χ3v) is 3.88. The Hall–Kier alpha value is -2.60. The molecule has 1 N–H and O–H groups in total. The van der Waals surface area contributed by atoms with Gasteiger partial charge in [-0.15, -0.1) is 11.3 Å². The first kappa shape index (κ1) is 13.4. The van der Waals surface area contributed by atoms with E-state index in [9.17, 15) is 9.90 Å². The lowest BCUT2D eigenvalue weighted by Crippen LogP contribution is -1.95. The highest BCUT2D eigenvalue weighted by Gasteiger charge is 2.20. The quantitative estimate of drug-likeness (QED) is 0.803. The maximum absolute atomic E-state index is 11.4. The number of benzene rings is 1. The van der Waals surface area contributed by atoms with Gasteiger partial charge in [0.15, 0.2) is 10.8 Å². The van der Waals surface area contributed by atoms with Crippen molar-refractivity contribution in [3.05, 3.63) is 53.2 Å². The molecule has 5 nitrogen and oxygen atoms in total. The Morgan fingerprint density at radius 3 is 2.43 bits per heavy atom. The minimum atomic E-state index is -0.996. The van der Waals surface area contributed by atoms with Gasteiger partial charge in [-0.2, -0.15) is 0 Å². The van der Waals surface area contributed by atoms with Gasteiger partial charge in [-0.25, -0.2) is 19.7 Å². The second kappa shape index (κ2) is 5.41. The van der Waals surface area contributed by atoms with Crippen molar-refractivity contribution in [2.45, 2.75) is 6.92 Å². The molecule has 3 rings (SSSR count). The van der Waals surface area contributed by atoms with E-state index in [0.29, 0.717) is 16.5 Å². The van der Waals surface area contributed by atoms with Crippen LogP contribution < -0.4 is 0 Å². The van der Waals surface area contributed by atoms with Crippen molar-refractivity contribution in [1.29, 1.82) is 0 Å². The summed E-state index contributed by atoms with van der Waals surface area (Å²) in [4.78, 5) is 24.4. The normalized spacial score (nSPS) is 10.5. The predicted octanol–water partition coefficient (Wildman–Crippen LogP) is 3.27. The minimum absolute atomic E-state index is 0.195. The van der Waals surface area contributed by atoms with Crippen molar-refractivity contribution in [2.75, 3.05) is 0 Å². The molecule has 0 atom stereocenters. The van der Waals surface area contributed by atoms with E-state index in [1.807, 2.05) is 37.3 Å². The molecule has 3 aromatic rings. The fourth-order valence-electron chi connectivity index (χ4n) is 1.86. The van der Waals surface area contributed by atoms with Crippen LogP contribution in [0.5, 0.6) is 0 Å². The molecule has 2 aromatic heterocycles. The molecule has 0 unspecified atom stereocenters. The lowest BCUT2D eigenvalue weighted by Gasteiger charge is -1.97. The Labute approximate surface area is 125 Å². The first-order valence-corrected chi connectivity index (χ1v) is 7.05. The molecular formula is C15H11N3O2S. The molecule has 104 valence electrons. The number of carboxylic acids is 1. The average Bonchev–Trinajstić information content (AvgIpc) is 2.94. The molecule has 0 aliphatic carbocycles. The third-order valence-electron chi connectivity index (χ3n) is 2.84. The van der Waals surface area contributed by atoms with Crippen molar-refractivity contribution < 1.29 is 9.90 Å². The van der Waals surface area contributed by atoms with Gasteiger partial charge in [-0.1, -0.05) is 30.3 Å². The molecule has 2 heterocycles. The molecule has 6 heteroatoms. The van der Waals surface area contributed by atoms with Crippen LogP contribution >= 0.6 is 11.3 Å². The van der Waals surface area contributed by atoms with Crippen LogP contribution in [0.25, 0.3) is 22.1 Å². The number of hydrogen-bond acceptors (Lipinski definition) is 5. The summed E-state index contributed by atoms with van der Waals surface area (Å²) in [6.45, 7) is 1.89. The largest absolute Gasteiger partial charge is 0.477 e. The highest BCUT2D eigenvalue weighted by Crippen LogP contribution is 2.32. The predicted molar refractivity (Wildman–Crippen MR) is 80.3 cm³/mol. The number of aryl methyl sites for hydroxylation is 1. The van der Waals surface area contributed by atoms with E-state index in [-0.39, 0.29) is 4.88 Å². The summed E-state index contributed by atoms with van der Waals surface area (Å²) in [6.07, 6.45) is 3.37. The minimum Gasteiger partial charge on any atom is -0.477 e. The molecule has 21 heavy (non-hydrogen) atoms. The van der Waals surface area contributed by atoms with Crippen LogP contribution in [0, 0.1) is 6.92 Å². The van der Waals surface area contributed by atoms with E-state index in [1.54, 1.807) is 12.4 Å². The number of nitrogens with zero attached hydrogens (tertiary/aromatic N) is 3. The van der Waals surface area contributed by atoms with E-state index < -0.39 is 5.97 Å². The first-order valence-electron chi connectivity index (χ1n) is 6.23. The topological polar surface area (TPSA) is 76.0 Å². The Morgan fingerprint density at radius 1 is 1.14 bits per heavy atom. The molecule has 0 aliphatic heterocycles. The van der Waals surface area contributed by atoms with Gasteiger partial charge in [-0.3, -0.25) is 0 Å². The zero-order chi connectivity index (χ0) is 14.8. The molecule has 0 radical (unpaired) electrons. The highest BCUT2D eigenvalue weighted by molar-refractivity contribution is 7.17. The summed E-state index contributed by atoms with van der Waals surface area (Å²) in [5.41, 5.74) is 2.16. The van der Waals surface area contributed by atoms with Crippen LogP contribution in [-0.4, -0.2) is 26.0 Å². The van der Waals surface area contributed by atoms with Crippen molar-refractivity contribution in [3.63, 3.8) is 0 Å². The van der Waals surface area contributed by atoms with Crippen molar-refractivity contribution in [2.24, 2.45) is 0 Å². The molecule has 0 amide bonds. The van der Waals surface area contributed by atoms with E-state index in [4.69, 9.17) is 0 Å².